The Balaban J connectivity index is 1.86. The molecule has 0 aliphatic carbocycles. The number of unbranched alkanes of at least 4 members (excludes halogenated alkanes) is 1. The second kappa shape index (κ2) is 9.72. The first-order valence-corrected chi connectivity index (χ1v) is 10.8. The van der Waals surface area contributed by atoms with Crippen molar-refractivity contribution in [2.45, 2.75) is 52.5 Å². The minimum absolute atomic E-state index is 0.0638. The van der Waals surface area contributed by atoms with Crippen molar-refractivity contribution in [2.75, 3.05) is 26.2 Å². The van der Waals surface area contributed by atoms with Gasteiger partial charge in [-0.05, 0) is 38.7 Å². The van der Waals surface area contributed by atoms with Crippen LogP contribution < -0.4 is 0 Å². The third-order valence-electron chi connectivity index (χ3n) is 5.69. The van der Waals surface area contributed by atoms with Crippen molar-refractivity contribution in [3.8, 4) is 0 Å². The van der Waals surface area contributed by atoms with Crippen LogP contribution in [0.15, 0.2) is 30.5 Å². The summed E-state index contributed by atoms with van der Waals surface area (Å²) in [6.07, 6.45) is 6.78. The highest BCUT2D eigenvalue weighted by atomic mass is 16.2. The smallest absolute Gasteiger partial charge is 0.295 e. The molecule has 2 heterocycles. The van der Waals surface area contributed by atoms with Gasteiger partial charge in [-0.2, -0.15) is 0 Å². The first kappa shape index (κ1) is 21.1. The van der Waals surface area contributed by atoms with E-state index in [-0.39, 0.29) is 12.5 Å². The summed E-state index contributed by atoms with van der Waals surface area (Å²) in [5, 5.41) is 0.726. The lowest BCUT2D eigenvalue weighted by Crippen LogP contribution is -2.38. The van der Waals surface area contributed by atoms with E-state index in [1.165, 1.54) is 6.42 Å². The van der Waals surface area contributed by atoms with E-state index < -0.39 is 11.7 Å². The molecule has 0 N–H and O–H groups in total. The molecule has 0 spiro atoms. The summed E-state index contributed by atoms with van der Waals surface area (Å²) in [4.78, 5) is 42.1. The normalized spacial score (nSPS) is 14.2. The Morgan fingerprint density at radius 1 is 1.03 bits per heavy atom. The summed E-state index contributed by atoms with van der Waals surface area (Å²) in [5.74, 6) is -0.900. The van der Waals surface area contributed by atoms with Gasteiger partial charge in [0.15, 0.2) is 0 Å². The zero-order valence-electron chi connectivity index (χ0n) is 17.5. The first-order valence-electron chi connectivity index (χ1n) is 10.8. The summed E-state index contributed by atoms with van der Waals surface area (Å²) in [5.41, 5.74) is 1.19. The molecule has 0 radical (unpaired) electrons. The van der Waals surface area contributed by atoms with Gasteiger partial charge in [0.1, 0.15) is 6.54 Å². The monoisotopic (exact) mass is 397 g/mol. The first-order chi connectivity index (χ1) is 14.1. The van der Waals surface area contributed by atoms with Crippen LogP contribution >= 0.6 is 0 Å². The third kappa shape index (κ3) is 4.69. The highest BCUT2D eigenvalue weighted by Crippen LogP contribution is 2.23. The molecule has 1 aromatic heterocycles. The van der Waals surface area contributed by atoms with Crippen LogP contribution in [0.2, 0.25) is 0 Å². The number of para-hydroxylation sites is 1. The fourth-order valence-corrected chi connectivity index (χ4v) is 3.96. The number of benzene rings is 1. The molecule has 6 heteroatoms. The predicted molar refractivity (Wildman–Crippen MR) is 114 cm³/mol. The number of carbonyl (C=O) groups excluding carboxylic acids is 3. The highest BCUT2D eigenvalue weighted by Gasteiger charge is 2.26. The van der Waals surface area contributed by atoms with Crippen molar-refractivity contribution in [2.24, 2.45) is 0 Å². The second-order valence-corrected chi connectivity index (χ2v) is 7.70. The van der Waals surface area contributed by atoms with Crippen LogP contribution in [0.25, 0.3) is 10.9 Å². The van der Waals surface area contributed by atoms with Crippen molar-refractivity contribution >= 4 is 28.5 Å². The van der Waals surface area contributed by atoms with Crippen LogP contribution in [0.1, 0.15) is 56.3 Å². The molecule has 0 atom stereocenters. The number of hydrogen-bond acceptors (Lipinski definition) is 3. The molecule has 156 valence electrons. The quantitative estimate of drug-likeness (QED) is 0.506. The number of ketones is 1. The van der Waals surface area contributed by atoms with Gasteiger partial charge in [0.05, 0.1) is 5.56 Å². The number of fused-ring (bicyclic) bond motifs is 1. The Hall–Kier alpha value is -2.63. The zero-order chi connectivity index (χ0) is 20.8. The molecule has 1 saturated heterocycles. The third-order valence-corrected chi connectivity index (χ3v) is 5.69. The number of piperidine rings is 1. The van der Waals surface area contributed by atoms with Crippen LogP contribution in [0.4, 0.5) is 0 Å². The summed E-state index contributed by atoms with van der Waals surface area (Å²) in [7, 11) is 0. The van der Waals surface area contributed by atoms with E-state index in [1.54, 1.807) is 11.1 Å². The van der Waals surface area contributed by atoms with Crippen molar-refractivity contribution in [1.29, 1.82) is 0 Å². The van der Waals surface area contributed by atoms with E-state index in [2.05, 4.69) is 6.92 Å². The Morgan fingerprint density at radius 2 is 1.76 bits per heavy atom. The second-order valence-electron chi connectivity index (χ2n) is 7.70. The zero-order valence-corrected chi connectivity index (χ0v) is 17.5. The lowest BCUT2D eigenvalue weighted by molar-refractivity contribution is -0.132. The highest BCUT2D eigenvalue weighted by molar-refractivity contribution is 6.44. The molecule has 0 bridgehead atoms. The lowest BCUT2D eigenvalue weighted by atomic mass is 10.1. The SMILES string of the molecule is CCCCN(CC)C(=O)C(=O)c1cn(CC(=O)N2CCCCC2)c2ccccc12. The average molecular weight is 398 g/mol. The van der Waals surface area contributed by atoms with E-state index >= 15 is 0 Å². The fraction of sp³-hybridized carbons (Fsp3) is 0.522. The number of nitrogens with zero attached hydrogens (tertiary/aromatic N) is 3. The van der Waals surface area contributed by atoms with Gasteiger partial charge in [0, 0.05) is 43.3 Å². The van der Waals surface area contributed by atoms with Crippen LogP contribution in [0, 0.1) is 0 Å². The lowest BCUT2D eigenvalue weighted by Gasteiger charge is -2.27. The molecule has 29 heavy (non-hydrogen) atoms. The molecular weight excluding hydrogens is 366 g/mol. The molecule has 3 rings (SSSR count). The minimum atomic E-state index is -0.497. The molecule has 0 saturated carbocycles. The van der Waals surface area contributed by atoms with E-state index in [4.69, 9.17) is 0 Å². The Kier molecular flexibility index (Phi) is 7.07. The van der Waals surface area contributed by atoms with Gasteiger partial charge in [-0.3, -0.25) is 14.4 Å². The molecule has 1 aromatic carbocycles. The van der Waals surface area contributed by atoms with E-state index in [0.29, 0.717) is 18.7 Å². The molecular formula is C23H31N3O3. The van der Waals surface area contributed by atoms with Crippen molar-refractivity contribution < 1.29 is 14.4 Å². The van der Waals surface area contributed by atoms with Crippen LogP contribution in [-0.2, 0) is 16.1 Å². The van der Waals surface area contributed by atoms with E-state index in [0.717, 1.165) is 49.7 Å². The molecule has 2 aromatic rings. The maximum atomic E-state index is 13.0. The minimum Gasteiger partial charge on any atom is -0.341 e. The van der Waals surface area contributed by atoms with E-state index in [9.17, 15) is 14.4 Å². The van der Waals surface area contributed by atoms with E-state index in [1.807, 2.05) is 40.7 Å². The number of aromatic nitrogens is 1. The predicted octanol–water partition coefficient (Wildman–Crippen LogP) is 3.49. The van der Waals surface area contributed by atoms with Crippen LogP contribution in [0.3, 0.4) is 0 Å². The van der Waals surface area contributed by atoms with Gasteiger partial charge >= 0.3 is 0 Å². The van der Waals surface area contributed by atoms with Crippen molar-refractivity contribution in [1.82, 2.24) is 14.4 Å². The van der Waals surface area contributed by atoms with Crippen molar-refractivity contribution in [3.05, 3.63) is 36.0 Å². The number of hydrogen-bond donors (Lipinski definition) is 0. The average Bonchev–Trinajstić information content (AvgIpc) is 3.12. The summed E-state index contributed by atoms with van der Waals surface area (Å²) in [6.45, 7) is 6.83. The topological polar surface area (TPSA) is 62.6 Å². The Bertz CT molecular complexity index is 881. The molecule has 0 unspecified atom stereocenters. The molecule has 1 aliphatic heterocycles. The summed E-state index contributed by atoms with van der Waals surface area (Å²) in [6, 6.07) is 7.49. The van der Waals surface area contributed by atoms with Gasteiger partial charge in [-0.1, -0.05) is 31.5 Å². The number of Topliss-reactive ketones (excluding diaryl/α,β-unsaturated/α-hetero) is 1. The number of likely N-dealkylation sites (N-methyl/N-ethyl adjacent to an activating group) is 1. The number of likely N-dealkylation sites (tertiary alicyclic amines) is 1. The standard InChI is InChI=1S/C23H31N3O3/c1-3-5-13-24(4-2)23(29)22(28)19-16-26(20-12-8-7-11-18(19)20)17-21(27)25-14-9-6-10-15-25/h7-8,11-12,16H,3-6,9-10,13-15,17H2,1-2H3. The molecule has 1 fully saturated rings. The van der Waals surface area contributed by atoms with Crippen LogP contribution in [0.5, 0.6) is 0 Å². The Labute approximate surface area is 172 Å². The molecule has 6 nitrogen and oxygen atoms in total. The van der Waals surface area contributed by atoms with Gasteiger partial charge in [-0.15, -0.1) is 0 Å². The Morgan fingerprint density at radius 3 is 2.45 bits per heavy atom. The van der Waals surface area contributed by atoms with Crippen LogP contribution in [-0.4, -0.2) is 58.1 Å². The van der Waals surface area contributed by atoms with Gasteiger partial charge in [0.2, 0.25) is 5.91 Å². The van der Waals surface area contributed by atoms with Gasteiger partial charge < -0.3 is 14.4 Å². The summed E-state index contributed by atoms with van der Waals surface area (Å²) < 4.78 is 1.81. The maximum Gasteiger partial charge on any atom is 0.295 e. The molecule has 1 aliphatic rings. The van der Waals surface area contributed by atoms with Gasteiger partial charge in [0.25, 0.3) is 11.7 Å². The number of rotatable bonds is 8. The van der Waals surface area contributed by atoms with Crippen molar-refractivity contribution in [3.63, 3.8) is 0 Å². The summed E-state index contributed by atoms with van der Waals surface area (Å²) >= 11 is 0. The number of amides is 2. The van der Waals surface area contributed by atoms with Gasteiger partial charge in [-0.25, -0.2) is 0 Å². The molecule has 2 amide bonds. The maximum absolute atomic E-state index is 13.0. The fourth-order valence-electron chi connectivity index (χ4n) is 3.96. The number of carbonyl (C=O) groups is 3. The largest absolute Gasteiger partial charge is 0.341 e.